The Labute approximate surface area is 229 Å². The van der Waals surface area contributed by atoms with Crippen molar-refractivity contribution in [3.05, 3.63) is 65.2 Å². The van der Waals surface area contributed by atoms with Crippen LogP contribution in [0.15, 0.2) is 48.5 Å². The third-order valence-electron chi connectivity index (χ3n) is 6.44. The van der Waals surface area contributed by atoms with E-state index in [1.54, 1.807) is 51.1 Å². The third kappa shape index (κ3) is 7.84. The summed E-state index contributed by atoms with van der Waals surface area (Å²) in [4.78, 5) is 54.0. The summed E-state index contributed by atoms with van der Waals surface area (Å²) < 4.78 is 5.32. The van der Waals surface area contributed by atoms with Crippen molar-refractivity contribution in [3.8, 4) is 12.3 Å². The molecule has 1 aliphatic carbocycles. The molecule has 2 aromatic carbocycles. The zero-order valence-corrected chi connectivity index (χ0v) is 22.8. The van der Waals surface area contributed by atoms with Crippen LogP contribution in [0.1, 0.15) is 69.2 Å². The lowest BCUT2D eigenvalue weighted by Gasteiger charge is -2.43. The highest BCUT2D eigenvalue weighted by Crippen LogP contribution is 2.35. The molecule has 0 bridgehead atoms. The monoisotopic (exact) mass is 532 g/mol. The quantitative estimate of drug-likeness (QED) is 0.423. The number of nitrogens with one attached hydrogen (secondary N) is 2. The number of benzene rings is 2. The molecule has 9 heteroatoms. The summed E-state index contributed by atoms with van der Waals surface area (Å²) in [5.41, 5.74) is 7.25. The van der Waals surface area contributed by atoms with E-state index in [0.29, 0.717) is 29.7 Å². The summed E-state index contributed by atoms with van der Waals surface area (Å²) in [6.07, 6.45) is 6.41. The maximum atomic E-state index is 14.1. The zero-order chi connectivity index (χ0) is 28.7. The van der Waals surface area contributed by atoms with Gasteiger partial charge in [-0.3, -0.25) is 14.4 Å². The highest BCUT2D eigenvalue weighted by Gasteiger charge is 2.42. The third-order valence-corrected chi connectivity index (χ3v) is 6.44. The predicted molar refractivity (Wildman–Crippen MR) is 148 cm³/mol. The largest absolute Gasteiger partial charge is 0.444 e. The number of hydrogen-bond acceptors (Lipinski definition) is 5. The van der Waals surface area contributed by atoms with Crippen molar-refractivity contribution in [1.29, 1.82) is 0 Å². The first-order valence-corrected chi connectivity index (χ1v) is 12.9. The maximum absolute atomic E-state index is 14.1. The fourth-order valence-electron chi connectivity index (χ4n) is 4.33. The molecule has 39 heavy (non-hydrogen) atoms. The molecule has 1 fully saturated rings. The van der Waals surface area contributed by atoms with Crippen LogP contribution in [-0.4, -0.2) is 46.4 Å². The first kappa shape index (κ1) is 29.2. The zero-order valence-electron chi connectivity index (χ0n) is 22.8. The Balaban J connectivity index is 2.04. The van der Waals surface area contributed by atoms with Crippen LogP contribution in [0.4, 0.5) is 10.5 Å². The summed E-state index contributed by atoms with van der Waals surface area (Å²) in [5.74, 6) is 0.734. The molecule has 0 heterocycles. The van der Waals surface area contributed by atoms with Gasteiger partial charge in [-0.05, 0) is 76.3 Å². The van der Waals surface area contributed by atoms with E-state index in [0.717, 1.165) is 12.0 Å². The second-order valence-corrected chi connectivity index (χ2v) is 10.7. The van der Waals surface area contributed by atoms with Crippen LogP contribution in [0.5, 0.6) is 0 Å². The molecule has 1 saturated carbocycles. The van der Waals surface area contributed by atoms with Crippen molar-refractivity contribution in [3.63, 3.8) is 0 Å². The lowest BCUT2D eigenvalue weighted by molar-refractivity contribution is -0.146. The second kappa shape index (κ2) is 12.5. The number of nitrogens with two attached hydrogens (primary N) is 1. The number of carbonyl (C=O) groups excluding carboxylic acids is 4. The number of anilines is 1. The average molecular weight is 533 g/mol. The minimum Gasteiger partial charge on any atom is -0.444 e. The number of ether oxygens (including phenoxy) is 1. The van der Waals surface area contributed by atoms with Crippen LogP contribution in [0.3, 0.4) is 0 Å². The van der Waals surface area contributed by atoms with Crippen molar-refractivity contribution < 1.29 is 23.9 Å². The maximum Gasteiger partial charge on any atom is 0.408 e. The van der Waals surface area contributed by atoms with E-state index in [4.69, 9.17) is 16.9 Å². The Morgan fingerprint density at radius 3 is 2.26 bits per heavy atom. The fourth-order valence-corrected chi connectivity index (χ4v) is 4.33. The smallest absolute Gasteiger partial charge is 0.408 e. The van der Waals surface area contributed by atoms with Gasteiger partial charge in [-0.15, -0.1) is 6.42 Å². The Morgan fingerprint density at radius 2 is 1.74 bits per heavy atom. The molecular weight excluding hydrogens is 496 g/mol. The number of aryl methyl sites for hydroxylation is 1. The first-order valence-electron chi connectivity index (χ1n) is 12.9. The molecule has 0 radical (unpaired) electrons. The van der Waals surface area contributed by atoms with Crippen LogP contribution in [0.25, 0.3) is 0 Å². The van der Waals surface area contributed by atoms with Gasteiger partial charge in [0.1, 0.15) is 17.7 Å². The molecule has 0 aliphatic heterocycles. The van der Waals surface area contributed by atoms with E-state index in [1.807, 2.05) is 25.1 Å². The molecule has 0 saturated heterocycles. The van der Waals surface area contributed by atoms with Gasteiger partial charge in [0, 0.05) is 17.3 Å². The summed E-state index contributed by atoms with van der Waals surface area (Å²) in [7, 11) is 0. The Bertz CT molecular complexity index is 1260. The Hall–Kier alpha value is -4.32. The minimum absolute atomic E-state index is 0.284. The van der Waals surface area contributed by atoms with Crippen LogP contribution in [0.2, 0.25) is 0 Å². The number of amides is 4. The Kier molecular flexibility index (Phi) is 9.36. The molecule has 1 aliphatic rings. The van der Waals surface area contributed by atoms with E-state index in [1.165, 1.54) is 4.90 Å². The van der Waals surface area contributed by atoms with Gasteiger partial charge in [0.2, 0.25) is 11.8 Å². The summed E-state index contributed by atoms with van der Waals surface area (Å²) in [6.45, 7) is 6.92. The molecule has 4 N–H and O–H groups in total. The number of terminal acetylenes is 1. The number of rotatable bonds is 9. The van der Waals surface area contributed by atoms with E-state index < -0.39 is 47.9 Å². The SMILES string of the molecule is C#Cc1ccc(C(C(=O)Nc2ccccc2C)N(C(=O)C(CC(N)=O)NC(=O)OC(C)(C)C)C2CCC2)cc1. The van der Waals surface area contributed by atoms with E-state index >= 15 is 0 Å². The summed E-state index contributed by atoms with van der Waals surface area (Å²) >= 11 is 0. The summed E-state index contributed by atoms with van der Waals surface area (Å²) in [5, 5.41) is 5.45. The van der Waals surface area contributed by atoms with Gasteiger partial charge in [-0.1, -0.05) is 36.3 Å². The topological polar surface area (TPSA) is 131 Å². The molecule has 2 aromatic rings. The van der Waals surface area contributed by atoms with Crippen molar-refractivity contribution >= 4 is 29.5 Å². The summed E-state index contributed by atoms with van der Waals surface area (Å²) in [6, 6.07) is 11.5. The molecule has 9 nitrogen and oxygen atoms in total. The van der Waals surface area contributed by atoms with Gasteiger partial charge in [0.15, 0.2) is 0 Å². The standard InChI is InChI=1S/C30H36N4O5/c1-6-20-14-16-21(17-15-20)26(27(36)32-23-13-8-7-10-19(23)2)34(22-11-9-12-22)28(37)24(18-25(31)35)33-29(38)39-30(3,4)5/h1,7-8,10,13-17,22,24,26H,9,11-12,18H2,2-5H3,(H2,31,35)(H,32,36)(H,33,38). The average Bonchev–Trinajstić information content (AvgIpc) is 2.82. The molecule has 206 valence electrons. The van der Waals surface area contributed by atoms with Crippen molar-refractivity contribution in [2.24, 2.45) is 5.73 Å². The molecule has 3 rings (SSSR count). The number of alkyl carbamates (subject to hydrolysis) is 1. The lowest BCUT2D eigenvalue weighted by Crippen LogP contribution is -2.57. The number of primary amides is 1. The number of hydrogen-bond donors (Lipinski definition) is 3. The molecule has 2 unspecified atom stereocenters. The van der Waals surface area contributed by atoms with Gasteiger partial charge in [-0.25, -0.2) is 4.79 Å². The van der Waals surface area contributed by atoms with E-state index in [9.17, 15) is 19.2 Å². The van der Waals surface area contributed by atoms with Gasteiger partial charge < -0.3 is 26.0 Å². The van der Waals surface area contributed by atoms with Crippen LogP contribution < -0.4 is 16.4 Å². The predicted octanol–water partition coefficient (Wildman–Crippen LogP) is 3.81. The highest BCUT2D eigenvalue weighted by molar-refractivity contribution is 6.00. The molecular formula is C30H36N4O5. The van der Waals surface area contributed by atoms with Crippen LogP contribution in [0, 0.1) is 19.3 Å². The van der Waals surface area contributed by atoms with Gasteiger partial charge >= 0.3 is 6.09 Å². The number of carbonyl (C=O) groups is 4. The van der Waals surface area contributed by atoms with Crippen molar-refractivity contribution in [2.45, 2.75) is 77.1 Å². The van der Waals surface area contributed by atoms with Crippen LogP contribution >= 0.6 is 0 Å². The van der Waals surface area contributed by atoms with Gasteiger partial charge in [0.25, 0.3) is 5.91 Å². The molecule has 2 atom stereocenters. The number of para-hydroxylation sites is 1. The van der Waals surface area contributed by atoms with E-state index in [-0.39, 0.29) is 6.04 Å². The molecule has 0 aromatic heterocycles. The van der Waals surface area contributed by atoms with Crippen molar-refractivity contribution in [1.82, 2.24) is 10.2 Å². The van der Waals surface area contributed by atoms with E-state index in [2.05, 4.69) is 16.6 Å². The minimum atomic E-state index is -1.32. The fraction of sp³-hybridized carbons (Fsp3) is 0.400. The van der Waals surface area contributed by atoms with Gasteiger partial charge in [-0.2, -0.15) is 0 Å². The molecule has 4 amide bonds. The highest BCUT2D eigenvalue weighted by atomic mass is 16.6. The molecule has 0 spiro atoms. The van der Waals surface area contributed by atoms with Crippen LogP contribution in [-0.2, 0) is 19.1 Å². The van der Waals surface area contributed by atoms with Crippen molar-refractivity contribution in [2.75, 3.05) is 5.32 Å². The van der Waals surface area contributed by atoms with Gasteiger partial charge in [0.05, 0.1) is 6.42 Å². The number of nitrogens with zero attached hydrogens (tertiary/aromatic N) is 1. The second-order valence-electron chi connectivity index (χ2n) is 10.7. The normalized spacial score (nSPS) is 14.6. The lowest BCUT2D eigenvalue weighted by atomic mass is 9.87. The first-order chi connectivity index (χ1) is 18.4. The Morgan fingerprint density at radius 1 is 1.10 bits per heavy atom.